The van der Waals surface area contributed by atoms with Crippen LogP contribution in [0, 0.1) is 0 Å². The first kappa shape index (κ1) is 12.2. The lowest BCUT2D eigenvalue weighted by molar-refractivity contribution is -0.154. The van der Waals surface area contributed by atoms with Crippen LogP contribution in [-0.2, 0) is 9.53 Å². The number of halogens is 1. The normalized spacial score (nSPS) is 14.1. The molecule has 0 saturated heterocycles. The quantitative estimate of drug-likeness (QED) is 0.452. The van der Waals surface area contributed by atoms with Crippen LogP contribution < -0.4 is 0 Å². The molecule has 0 aliphatic heterocycles. The minimum atomic E-state index is -0.346. The van der Waals surface area contributed by atoms with E-state index in [0.717, 1.165) is 6.42 Å². The van der Waals surface area contributed by atoms with E-state index in [1.54, 1.807) is 0 Å². The van der Waals surface area contributed by atoms with Crippen LogP contribution in [0.1, 0.15) is 40.5 Å². The Morgan fingerprint density at radius 1 is 1.50 bits per heavy atom. The van der Waals surface area contributed by atoms with Crippen LogP contribution in [0.2, 0.25) is 0 Å². The molecule has 0 rings (SSSR count). The number of ether oxygens (including phenoxy) is 1. The van der Waals surface area contributed by atoms with Crippen molar-refractivity contribution in [2.45, 2.75) is 50.1 Å². The predicted molar refractivity (Wildman–Crippen MR) is 58.6 cm³/mol. The summed E-state index contributed by atoms with van der Waals surface area (Å²) >= 11 is 2.27. The van der Waals surface area contributed by atoms with Gasteiger partial charge in [0.1, 0.15) is 5.60 Å². The summed E-state index contributed by atoms with van der Waals surface area (Å²) in [7, 11) is 0. The smallest absolute Gasteiger partial charge is 0.307 e. The molecule has 3 heteroatoms. The van der Waals surface area contributed by atoms with Crippen molar-refractivity contribution >= 4 is 28.6 Å². The van der Waals surface area contributed by atoms with Crippen molar-refractivity contribution in [3.05, 3.63) is 0 Å². The molecule has 0 aromatic rings. The highest BCUT2D eigenvalue weighted by molar-refractivity contribution is 14.1. The van der Waals surface area contributed by atoms with Crippen LogP contribution in [-0.4, -0.2) is 15.5 Å². The second-order valence-electron chi connectivity index (χ2n) is 3.80. The van der Waals surface area contributed by atoms with Crippen molar-refractivity contribution in [3.8, 4) is 0 Å². The highest BCUT2D eigenvalue weighted by atomic mass is 127. The van der Waals surface area contributed by atoms with Crippen molar-refractivity contribution in [2.24, 2.45) is 0 Å². The molecule has 0 aromatic carbocycles. The SMILES string of the molecule is CCC(I)CC(=O)OC(C)(C)C. The third kappa shape index (κ3) is 6.88. The second-order valence-corrected chi connectivity index (χ2v) is 5.56. The maximum Gasteiger partial charge on any atom is 0.307 e. The molecule has 0 heterocycles. The Kier molecular flexibility index (Phi) is 5.13. The highest BCUT2D eigenvalue weighted by Crippen LogP contribution is 2.14. The van der Waals surface area contributed by atoms with Gasteiger partial charge in [-0.1, -0.05) is 29.5 Å². The summed E-state index contributed by atoms with van der Waals surface area (Å²) in [6.07, 6.45) is 1.54. The summed E-state index contributed by atoms with van der Waals surface area (Å²) < 4.78 is 5.57. The summed E-state index contributed by atoms with van der Waals surface area (Å²) in [5.74, 6) is -0.0937. The molecule has 0 amide bonds. The lowest BCUT2D eigenvalue weighted by atomic mass is 10.2. The third-order valence-electron chi connectivity index (χ3n) is 1.25. The molecule has 12 heavy (non-hydrogen) atoms. The zero-order valence-electron chi connectivity index (χ0n) is 8.19. The van der Waals surface area contributed by atoms with Crippen molar-refractivity contribution in [2.75, 3.05) is 0 Å². The van der Waals surface area contributed by atoms with Gasteiger partial charge in [-0.3, -0.25) is 4.79 Å². The van der Waals surface area contributed by atoms with E-state index in [4.69, 9.17) is 4.74 Å². The summed E-state index contributed by atoms with van der Waals surface area (Å²) in [5.41, 5.74) is -0.346. The van der Waals surface area contributed by atoms with Gasteiger partial charge in [-0.2, -0.15) is 0 Å². The molecule has 1 atom stereocenters. The summed E-state index contributed by atoms with van der Waals surface area (Å²) in [5, 5.41) is 0. The van der Waals surface area contributed by atoms with E-state index in [1.165, 1.54) is 0 Å². The van der Waals surface area contributed by atoms with Crippen molar-refractivity contribution < 1.29 is 9.53 Å². The van der Waals surface area contributed by atoms with Crippen LogP contribution in [0.25, 0.3) is 0 Å². The molecule has 0 aliphatic rings. The molecule has 1 unspecified atom stereocenters. The molecule has 0 spiro atoms. The number of carbonyl (C=O) groups is 1. The first-order valence-electron chi connectivity index (χ1n) is 4.21. The zero-order chi connectivity index (χ0) is 9.78. The van der Waals surface area contributed by atoms with Gasteiger partial charge in [0.2, 0.25) is 0 Å². The van der Waals surface area contributed by atoms with E-state index >= 15 is 0 Å². The number of alkyl halides is 1. The first-order chi connectivity index (χ1) is 5.35. The van der Waals surface area contributed by atoms with Gasteiger partial charge in [-0.25, -0.2) is 0 Å². The number of rotatable bonds is 3. The van der Waals surface area contributed by atoms with Crippen LogP contribution >= 0.6 is 22.6 Å². The highest BCUT2D eigenvalue weighted by Gasteiger charge is 2.17. The third-order valence-corrected chi connectivity index (χ3v) is 2.57. The standard InChI is InChI=1S/C9H17IO2/c1-5-7(10)6-8(11)12-9(2,3)4/h7H,5-6H2,1-4H3. The molecule has 0 aromatic heterocycles. The lowest BCUT2D eigenvalue weighted by Gasteiger charge is -2.20. The van der Waals surface area contributed by atoms with Crippen LogP contribution in [0.3, 0.4) is 0 Å². The van der Waals surface area contributed by atoms with Crippen LogP contribution in [0.5, 0.6) is 0 Å². The predicted octanol–water partition coefficient (Wildman–Crippen LogP) is 2.93. The number of carbonyl (C=O) groups excluding carboxylic acids is 1. The summed E-state index contributed by atoms with van der Waals surface area (Å²) in [6.45, 7) is 7.73. The van der Waals surface area contributed by atoms with Crippen molar-refractivity contribution in [1.82, 2.24) is 0 Å². The Labute approximate surface area is 88.2 Å². The molecule has 0 radical (unpaired) electrons. The largest absolute Gasteiger partial charge is 0.460 e. The molecule has 0 N–H and O–H groups in total. The molecule has 0 aliphatic carbocycles. The van der Waals surface area contributed by atoms with Gasteiger partial charge < -0.3 is 4.74 Å². The number of hydrogen-bond acceptors (Lipinski definition) is 2. The van der Waals surface area contributed by atoms with E-state index < -0.39 is 0 Å². The molecule has 0 saturated carbocycles. The van der Waals surface area contributed by atoms with Gasteiger partial charge >= 0.3 is 5.97 Å². The minimum Gasteiger partial charge on any atom is -0.460 e. The van der Waals surface area contributed by atoms with Crippen LogP contribution in [0.15, 0.2) is 0 Å². The fraction of sp³-hybridized carbons (Fsp3) is 0.889. The van der Waals surface area contributed by atoms with E-state index in [9.17, 15) is 4.79 Å². The topological polar surface area (TPSA) is 26.3 Å². The second kappa shape index (κ2) is 5.04. The average Bonchev–Trinajstić information content (AvgIpc) is 1.82. The lowest BCUT2D eigenvalue weighted by Crippen LogP contribution is -2.25. The molecule has 2 nitrogen and oxygen atoms in total. The first-order valence-corrected chi connectivity index (χ1v) is 5.45. The van der Waals surface area contributed by atoms with Gasteiger partial charge in [0.05, 0.1) is 6.42 Å². The maximum atomic E-state index is 11.2. The zero-order valence-corrected chi connectivity index (χ0v) is 10.3. The van der Waals surface area contributed by atoms with E-state index in [2.05, 4.69) is 29.5 Å². The summed E-state index contributed by atoms with van der Waals surface area (Å²) in [6, 6.07) is 0. The van der Waals surface area contributed by atoms with Gasteiger partial charge in [0, 0.05) is 3.92 Å². The number of esters is 1. The molecule has 0 bridgehead atoms. The van der Waals surface area contributed by atoms with Crippen LogP contribution in [0.4, 0.5) is 0 Å². The van der Waals surface area contributed by atoms with E-state index in [0.29, 0.717) is 10.3 Å². The van der Waals surface area contributed by atoms with Gasteiger partial charge in [-0.05, 0) is 27.2 Å². The summed E-state index contributed by atoms with van der Waals surface area (Å²) in [4.78, 5) is 11.2. The van der Waals surface area contributed by atoms with Crippen molar-refractivity contribution in [3.63, 3.8) is 0 Å². The Morgan fingerprint density at radius 3 is 2.33 bits per heavy atom. The maximum absolute atomic E-state index is 11.2. The minimum absolute atomic E-state index is 0.0937. The average molecular weight is 284 g/mol. The Morgan fingerprint density at radius 2 is 2.00 bits per heavy atom. The van der Waals surface area contributed by atoms with E-state index in [1.807, 2.05) is 20.8 Å². The van der Waals surface area contributed by atoms with Gasteiger partial charge in [0.25, 0.3) is 0 Å². The molecular weight excluding hydrogens is 267 g/mol. The molecular formula is C9H17IO2. The molecule has 0 fully saturated rings. The monoisotopic (exact) mass is 284 g/mol. The Bertz CT molecular complexity index is 149. The van der Waals surface area contributed by atoms with E-state index in [-0.39, 0.29) is 11.6 Å². The van der Waals surface area contributed by atoms with Gasteiger partial charge in [-0.15, -0.1) is 0 Å². The number of hydrogen-bond donors (Lipinski definition) is 0. The Hall–Kier alpha value is 0.200. The van der Waals surface area contributed by atoms with Crippen molar-refractivity contribution in [1.29, 1.82) is 0 Å². The van der Waals surface area contributed by atoms with Gasteiger partial charge in [0.15, 0.2) is 0 Å². The molecule has 72 valence electrons. The Balaban J connectivity index is 3.75. The fourth-order valence-corrected chi connectivity index (χ4v) is 1.07. The fourth-order valence-electron chi connectivity index (χ4n) is 0.708.